The van der Waals surface area contributed by atoms with E-state index in [-0.39, 0.29) is 23.7 Å². The Kier molecular flexibility index (Phi) is 6.96. The van der Waals surface area contributed by atoms with Crippen LogP contribution in [0.2, 0.25) is 0 Å². The number of carbonyl (C=O) groups excluding carboxylic acids is 1. The van der Waals surface area contributed by atoms with E-state index in [1.54, 1.807) is 12.1 Å². The van der Waals surface area contributed by atoms with Crippen LogP contribution in [0.4, 0.5) is 4.39 Å². The summed E-state index contributed by atoms with van der Waals surface area (Å²) in [4.78, 5) is 15.3. The number of benzene rings is 3. The van der Waals surface area contributed by atoms with Crippen molar-refractivity contribution >= 4 is 16.8 Å². The third kappa shape index (κ3) is 5.46. The summed E-state index contributed by atoms with van der Waals surface area (Å²) in [7, 11) is 0. The molecule has 1 fully saturated rings. The molecule has 5 heteroatoms. The molecule has 1 aliphatic heterocycles. The Labute approximate surface area is 206 Å². The molecule has 1 unspecified atom stereocenters. The molecule has 1 saturated heterocycles. The first-order chi connectivity index (χ1) is 17.1. The Balaban J connectivity index is 1.24. The molecule has 4 nitrogen and oxygen atoms in total. The highest BCUT2D eigenvalue weighted by molar-refractivity contribution is 5.81. The zero-order valence-corrected chi connectivity index (χ0v) is 20.2. The molecule has 1 N–H and O–H groups in total. The summed E-state index contributed by atoms with van der Waals surface area (Å²) in [5.74, 6) is -0.000714. The molecule has 3 aromatic carbocycles. The van der Waals surface area contributed by atoms with Gasteiger partial charge in [0.05, 0.1) is 6.04 Å². The third-order valence-corrected chi connectivity index (χ3v) is 7.13. The molecular formula is C30H32FN3O. The molecule has 1 atom stereocenters. The van der Waals surface area contributed by atoms with Gasteiger partial charge in [-0.3, -0.25) is 9.69 Å². The van der Waals surface area contributed by atoms with E-state index in [4.69, 9.17) is 0 Å². The van der Waals surface area contributed by atoms with Gasteiger partial charge in [-0.05, 0) is 73.6 Å². The van der Waals surface area contributed by atoms with Crippen LogP contribution in [0, 0.1) is 11.7 Å². The Morgan fingerprint density at radius 1 is 0.943 bits per heavy atom. The molecule has 0 radical (unpaired) electrons. The lowest BCUT2D eigenvalue weighted by Gasteiger charge is -2.32. The number of carbonyl (C=O) groups is 1. The molecule has 1 aliphatic rings. The van der Waals surface area contributed by atoms with Gasteiger partial charge in [-0.1, -0.05) is 60.7 Å². The van der Waals surface area contributed by atoms with Crippen molar-refractivity contribution in [2.24, 2.45) is 5.92 Å². The third-order valence-electron chi connectivity index (χ3n) is 7.13. The largest absolute Gasteiger partial charge is 0.349 e. The minimum atomic E-state index is -0.206. The SMILES string of the molecule is CC(NC(=O)C1CCN(Cc2cc3ccccc3n2Cc2cccc(F)c2)CC1)c1ccccc1. The van der Waals surface area contributed by atoms with Crippen LogP contribution in [0.15, 0.2) is 84.9 Å². The van der Waals surface area contributed by atoms with E-state index < -0.39 is 0 Å². The molecule has 180 valence electrons. The van der Waals surface area contributed by atoms with Gasteiger partial charge in [-0.15, -0.1) is 0 Å². The molecular weight excluding hydrogens is 437 g/mol. The van der Waals surface area contributed by atoms with Crippen LogP contribution in [0.25, 0.3) is 10.9 Å². The fourth-order valence-corrected chi connectivity index (χ4v) is 5.14. The number of piperidine rings is 1. The van der Waals surface area contributed by atoms with Gasteiger partial charge in [0.15, 0.2) is 0 Å². The van der Waals surface area contributed by atoms with Crippen LogP contribution in [0.3, 0.4) is 0 Å². The minimum Gasteiger partial charge on any atom is -0.349 e. The van der Waals surface area contributed by atoms with Crippen LogP contribution in [0.1, 0.15) is 42.6 Å². The number of hydrogen-bond acceptors (Lipinski definition) is 2. The first-order valence-corrected chi connectivity index (χ1v) is 12.5. The lowest BCUT2D eigenvalue weighted by atomic mass is 9.95. The van der Waals surface area contributed by atoms with Gasteiger partial charge < -0.3 is 9.88 Å². The second kappa shape index (κ2) is 10.4. The van der Waals surface area contributed by atoms with E-state index in [0.29, 0.717) is 6.54 Å². The van der Waals surface area contributed by atoms with Crippen molar-refractivity contribution in [1.29, 1.82) is 0 Å². The monoisotopic (exact) mass is 469 g/mol. The van der Waals surface area contributed by atoms with Gasteiger partial charge >= 0.3 is 0 Å². The number of nitrogens with zero attached hydrogens (tertiary/aromatic N) is 2. The van der Waals surface area contributed by atoms with Crippen molar-refractivity contribution in [3.8, 4) is 0 Å². The number of para-hydroxylation sites is 1. The van der Waals surface area contributed by atoms with Gasteiger partial charge in [-0.25, -0.2) is 4.39 Å². The number of aromatic nitrogens is 1. The quantitative estimate of drug-likeness (QED) is 0.365. The first kappa shape index (κ1) is 23.3. The topological polar surface area (TPSA) is 37.3 Å². The van der Waals surface area contributed by atoms with Crippen molar-refractivity contribution in [1.82, 2.24) is 14.8 Å². The maximum absolute atomic E-state index is 13.8. The Hall–Kier alpha value is -3.44. The average Bonchev–Trinajstić information content (AvgIpc) is 3.21. The molecule has 0 bridgehead atoms. The van der Waals surface area contributed by atoms with Gasteiger partial charge in [0, 0.05) is 30.2 Å². The number of fused-ring (bicyclic) bond motifs is 1. The van der Waals surface area contributed by atoms with Crippen molar-refractivity contribution in [3.05, 3.63) is 108 Å². The van der Waals surface area contributed by atoms with Gasteiger partial charge in [0.1, 0.15) is 5.82 Å². The number of hydrogen-bond donors (Lipinski definition) is 1. The van der Waals surface area contributed by atoms with Crippen molar-refractivity contribution in [2.45, 2.75) is 38.9 Å². The summed E-state index contributed by atoms with van der Waals surface area (Å²) >= 11 is 0. The van der Waals surface area contributed by atoms with Crippen molar-refractivity contribution in [3.63, 3.8) is 0 Å². The summed E-state index contributed by atoms with van der Waals surface area (Å²) in [5, 5.41) is 4.39. The molecule has 0 spiro atoms. The van der Waals surface area contributed by atoms with E-state index in [1.807, 2.05) is 31.2 Å². The van der Waals surface area contributed by atoms with Gasteiger partial charge in [-0.2, -0.15) is 0 Å². The number of rotatable bonds is 7. The average molecular weight is 470 g/mol. The van der Waals surface area contributed by atoms with Crippen LogP contribution >= 0.6 is 0 Å². The van der Waals surface area contributed by atoms with E-state index in [1.165, 1.54) is 17.1 Å². The Morgan fingerprint density at radius 2 is 1.69 bits per heavy atom. The summed E-state index contributed by atoms with van der Waals surface area (Å²) in [6, 6.07) is 27.6. The summed E-state index contributed by atoms with van der Waals surface area (Å²) in [5.41, 5.74) is 4.46. The molecule has 1 aromatic heterocycles. The number of amides is 1. The molecule has 2 heterocycles. The molecule has 0 saturated carbocycles. The second-order valence-corrected chi connectivity index (χ2v) is 9.60. The minimum absolute atomic E-state index is 0.0141. The molecule has 35 heavy (non-hydrogen) atoms. The standard InChI is InChI=1S/C30H32FN3O/c1-22(24-9-3-2-4-10-24)32-30(35)25-14-16-33(17-15-25)21-28-19-26-11-5-6-13-29(26)34(28)20-23-8-7-12-27(31)18-23/h2-13,18-19,22,25H,14-17,20-21H2,1H3,(H,32,35). The zero-order chi connectivity index (χ0) is 24.2. The lowest BCUT2D eigenvalue weighted by molar-refractivity contribution is -0.127. The number of nitrogens with one attached hydrogen (secondary N) is 1. The maximum atomic E-state index is 13.8. The Bertz CT molecular complexity index is 1290. The predicted molar refractivity (Wildman–Crippen MR) is 138 cm³/mol. The van der Waals surface area contributed by atoms with Crippen LogP contribution in [0.5, 0.6) is 0 Å². The van der Waals surface area contributed by atoms with Gasteiger partial charge in [0.2, 0.25) is 5.91 Å². The van der Waals surface area contributed by atoms with E-state index >= 15 is 0 Å². The van der Waals surface area contributed by atoms with E-state index in [2.05, 4.69) is 57.2 Å². The van der Waals surface area contributed by atoms with E-state index in [0.717, 1.165) is 49.1 Å². The van der Waals surface area contributed by atoms with Crippen LogP contribution in [-0.4, -0.2) is 28.5 Å². The molecule has 0 aliphatic carbocycles. The van der Waals surface area contributed by atoms with Crippen molar-refractivity contribution in [2.75, 3.05) is 13.1 Å². The first-order valence-electron chi connectivity index (χ1n) is 12.5. The molecule has 5 rings (SSSR count). The lowest BCUT2D eigenvalue weighted by Crippen LogP contribution is -2.41. The second-order valence-electron chi connectivity index (χ2n) is 9.60. The Morgan fingerprint density at radius 3 is 2.46 bits per heavy atom. The van der Waals surface area contributed by atoms with Gasteiger partial charge in [0.25, 0.3) is 0 Å². The smallest absolute Gasteiger partial charge is 0.223 e. The number of halogens is 1. The highest BCUT2D eigenvalue weighted by atomic mass is 19.1. The fourth-order valence-electron chi connectivity index (χ4n) is 5.14. The van der Waals surface area contributed by atoms with Crippen molar-refractivity contribution < 1.29 is 9.18 Å². The fraction of sp³-hybridized carbons (Fsp3) is 0.300. The highest BCUT2D eigenvalue weighted by Gasteiger charge is 2.26. The highest BCUT2D eigenvalue weighted by Crippen LogP contribution is 2.25. The maximum Gasteiger partial charge on any atom is 0.223 e. The summed E-state index contributed by atoms with van der Waals surface area (Å²) in [6.07, 6.45) is 1.72. The normalized spacial score (nSPS) is 15.8. The van der Waals surface area contributed by atoms with E-state index in [9.17, 15) is 9.18 Å². The molecule has 4 aromatic rings. The number of likely N-dealkylation sites (tertiary alicyclic amines) is 1. The van der Waals surface area contributed by atoms with Crippen LogP contribution in [-0.2, 0) is 17.9 Å². The zero-order valence-electron chi connectivity index (χ0n) is 20.2. The predicted octanol–water partition coefficient (Wildman–Crippen LogP) is 5.92. The summed E-state index contributed by atoms with van der Waals surface area (Å²) < 4.78 is 16.1. The van der Waals surface area contributed by atoms with Crippen LogP contribution < -0.4 is 5.32 Å². The molecule has 1 amide bonds. The summed E-state index contributed by atoms with van der Waals surface area (Å²) in [6.45, 7) is 5.27.